The molecular weight excluding hydrogens is 518 g/mol. The van der Waals surface area contributed by atoms with Gasteiger partial charge in [-0.1, -0.05) is 60.7 Å². The molecule has 2 unspecified atom stereocenters. The van der Waals surface area contributed by atoms with Crippen LogP contribution in [0, 0.1) is 0 Å². The highest BCUT2D eigenvalue weighted by atomic mass is 32.2. The van der Waals surface area contributed by atoms with Crippen LogP contribution < -0.4 is 10.6 Å². The summed E-state index contributed by atoms with van der Waals surface area (Å²) in [5, 5.41) is 6.31. The van der Waals surface area contributed by atoms with E-state index in [2.05, 4.69) is 10.6 Å². The molecule has 6 nitrogen and oxygen atoms in total. The average molecular weight is 549 g/mol. The van der Waals surface area contributed by atoms with E-state index in [0.717, 1.165) is 39.6 Å². The molecule has 2 aliphatic heterocycles. The Balaban J connectivity index is 1.29. The number of allylic oxidation sites excluding steroid dienone is 2. The Morgan fingerprint density at radius 1 is 0.975 bits per heavy atom. The molecule has 3 aromatic carbocycles. The summed E-state index contributed by atoms with van der Waals surface area (Å²) in [5.41, 5.74) is 6.57. The number of ether oxygens (including phenoxy) is 1. The molecule has 200 valence electrons. The van der Waals surface area contributed by atoms with Crippen molar-refractivity contribution < 1.29 is 18.8 Å². The minimum absolute atomic E-state index is 0.00449. The number of anilines is 1. The largest absolute Gasteiger partial charge is 0.372 e. The number of fused-ring (bicyclic) bond motifs is 3. The van der Waals surface area contributed by atoms with Crippen molar-refractivity contribution in [1.29, 1.82) is 0 Å². The van der Waals surface area contributed by atoms with Crippen LogP contribution >= 0.6 is 11.8 Å². The highest BCUT2D eigenvalue weighted by molar-refractivity contribution is 7.99. The molecular formula is C33H30N3O3S+. The van der Waals surface area contributed by atoms with Crippen LogP contribution in [0.2, 0.25) is 0 Å². The fraction of sp³-hybridized carbons (Fsp3) is 0.152. The molecule has 40 heavy (non-hydrogen) atoms. The van der Waals surface area contributed by atoms with Gasteiger partial charge in [-0.2, -0.15) is 4.48 Å². The number of amides is 2. The number of methoxy groups -OCH3 is 1. The molecule has 2 N–H and O–H groups in total. The zero-order valence-electron chi connectivity index (χ0n) is 22.2. The van der Waals surface area contributed by atoms with Crippen LogP contribution in [0.1, 0.15) is 20.7 Å². The van der Waals surface area contributed by atoms with Gasteiger partial charge in [0.25, 0.3) is 5.91 Å². The van der Waals surface area contributed by atoms with Crippen LogP contribution in [-0.2, 0) is 4.74 Å². The van der Waals surface area contributed by atoms with Gasteiger partial charge in [0.05, 0.1) is 23.1 Å². The molecule has 1 fully saturated rings. The Morgan fingerprint density at radius 2 is 1.75 bits per heavy atom. The molecule has 7 heteroatoms. The van der Waals surface area contributed by atoms with Crippen molar-refractivity contribution in [3.63, 3.8) is 0 Å². The van der Waals surface area contributed by atoms with Crippen LogP contribution in [0.5, 0.6) is 0 Å². The van der Waals surface area contributed by atoms with Crippen molar-refractivity contribution in [3.05, 3.63) is 138 Å². The van der Waals surface area contributed by atoms with E-state index in [-0.39, 0.29) is 22.4 Å². The third kappa shape index (κ3) is 4.62. The smallest absolute Gasteiger partial charge is 0.355 e. The molecule has 1 saturated heterocycles. The Bertz CT molecular complexity index is 1570. The maximum atomic E-state index is 14.4. The first-order chi connectivity index (χ1) is 19.6. The summed E-state index contributed by atoms with van der Waals surface area (Å²) < 4.78 is 5.86. The second-order valence-electron chi connectivity index (χ2n) is 9.83. The fourth-order valence-electron chi connectivity index (χ4n) is 5.60. The van der Waals surface area contributed by atoms with E-state index < -0.39 is 0 Å². The highest BCUT2D eigenvalue weighted by Gasteiger charge is 2.50. The van der Waals surface area contributed by atoms with Crippen molar-refractivity contribution in [2.45, 2.75) is 6.10 Å². The van der Waals surface area contributed by atoms with E-state index in [1.807, 2.05) is 109 Å². The predicted octanol–water partition coefficient (Wildman–Crippen LogP) is 6.11. The minimum Gasteiger partial charge on any atom is -0.372 e. The van der Waals surface area contributed by atoms with Crippen LogP contribution in [0.15, 0.2) is 126 Å². The lowest BCUT2D eigenvalue weighted by Crippen LogP contribution is -2.55. The van der Waals surface area contributed by atoms with Crippen molar-refractivity contribution in [3.8, 4) is 11.1 Å². The topological polar surface area (TPSA) is 67.4 Å². The molecule has 3 aliphatic rings. The van der Waals surface area contributed by atoms with Gasteiger partial charge in [-0.15, -0.1) is 11.8 Å². The lowest BCUT2D eigenvalue weighted by Gasteiger charge is -2.41. The van der Waals surface area contributed by atoms with Crippen molar-refractivity contribution in [2.24, 2.45) is 0 Å². The average Bonchev–Trinajstić information content (AvgIpc) is 3.19. The number of carbonyl (C=O) groups excluding carboxylic acids is 2. The van der Waals surface area contributed by atoms with E-state index >= 15 is 0 Å². The van der Waals surface area contributed by atoms with Crippen molar-refractivity contribution in [1.82, 2.24) is 5.32 Å². The van der Waals surface area contributed by atoms with Gasteiger partial charge in [-0.25, -0.2) is 4.79 Å². The highest BCUT2D eigenvalue weighted by Crippen LogP contribution is 2.42. The van der Waals surface area contributed by atoms with E-state index in [9.17, 15) is 9.59 Å². The Morgan fingerprint density at radius 3 is 2.55 bits per heavy atom. The van der Waals surface area contributed by atoms with Gasteiger partial charge >= 0.3 is 5.91 Å². The Kier molecular flexibility index (Phi) is 7.26. The van der Waals surface area contributed by atoms with Crippen LogP contribution in [0.4, 0.5) is 5.69 Å². The van der Waals surface area contributed by atoms with Gasteiger partial charge in [0.15, 0.2) is 5.70 Å². The lowest BCUT2D eigenvalue weighted by molar-refractivity contribution is -0.766. The molecule has 0 spiro atoms. The number of nitrogens with zero attached hydrogens (tertiary/aromatic N) is 1. The summed E-state index contributed by atoms with van der Waals surface area (Å²) in [7, 11) is 1.68. The SMILES string of the molecule is COC1C=CC=C2C1=CNC=C1CSCC[N+]12C(=O)c1ccc(NC(=O)c2ccccc2-c2ccccc2)cc1. The summed E-state index contributed by atoms with van der Waals surface area (Å²) in [6.07, 6.45) is 9.68. The lowest BCUT2D eigenvalue weighted by atomic mass is 9.96. The summed E-state index contributed by atoms with van der Waals surface area (Å²) in [5.74, 6) is 1.43. The second kappa shape index (κ2) is 11.1. The number of benzene rings is 3. The molecule has 2 heterocycles. The normalized spacial score (nSPS) is 21.4. The van der Waals surface area contributed by atoms with Gasteiger partial charge in [0, 0.05) is 36.4 Å². The second-order valence-corrected chi connectivity index (χ2v) is 10.9. The first kappa shape index (κ1) is 26.1. The number of carbonyl (C=O) groups is 2. The predicted molar refractivity (Wildman–Crippen MR) is 160 cm³/mol. The van der Waals surface area contributed by atoms with Gasteiger partial charge in [0.2, 0.25) is 0 Å². The van der Waals surface area contributed by atoms with Crippen LogP contribution in [-0.4, -0.2) is 47.6 Å². The number of thioether (sulfide) groups is 1. The quantitative estimate of drug-likeness (QED) is 0.377. The number of hydrogen-bond donors (Lipinski definition) is 2. The maximum absolute atomic E-state index is 14.4. The summed E-state index contributed by atoms with van der Waals surface area (Å²) in [6, 6.07) is 24.6. The van der Waals surface area contributed by atoms with Crippen LogP contribution in [0.25, 0.3) is 11.1 Å². The number of quaternary nitrogens is 1. The van der Waals surface area contributed by atoms with Gasteiger partial charge in [0.1, 0.15) is 18.3 Å². The molecule has 0 radical (unpaired) electrons. The first-order valence-electron chi connectivity index (χ1n) is 13.3. The fourth-order valence-corrected chi connectivity index (χ4v) is 6.66. The zero-order chi connectivity index (χ0) is 27.5. The third-order valence-corrected chi connectivity index (χ3v) is 8.57. The van der Waals surface area contributed by atoms with E-state index in [1.54, 1.807) is 19.2 Å². The van der Waals surface area contributed by atoms with Gasteiger partial charge in [-0.3, -0.25) is 4.79 Å². The van der Waals surface area contributed by atoms with E-state index in [1.165, 1.54) is 0 Å². The molecule has 1 aliphatic carbocycles. The molecule has 0 saturated carbocycles. The van der Waals surface area contributed by atoms with Crippen molar-refractivity contribution >= 4 is 29.3 Å². The first-order valence-corrected chi connectivity index (χ1v) is 14.4. The number of hydrogen-bond acceptors (Lipinski definition) is 5. The van der Waals surface area contributed by atoms with Crippen molar-refractivity contribution in [2.75, 3.05) is 30.5 Å². The van der Waals surface area contributed by atoms with E-state index in [0.29, 0.717) is 23.4 Å². The Labute approximate surface area is 238 Å². The summed E-state index contributed by atoms with van der Waals surface area (Å²) in [4.78, 5) is 27.7. The molecule has 0 bridgehead atoms. The van der Waals surface area contributed by atoms with Crippen LogP contribution in [0.3, 0.4) is 0 Å². The summed E-state index contributed by atoms with van der Waals surface area (Å²) in [6.45, 7) is 0.652. The molecule has 0 aromatic heterocycles. The Hall–Kier alpha value is -4.17. The molecule has 2 amide bonds. The van der Waals surface area contributed by atoms with Gasteiger partial charge in [-0.05, 0) is 41.5 Å². The monoisotopic (exact) mass is 548 g/mol. The number of nitrogens with one attached hydrogen (secondary N) is 2. The molecule has 6 rings (SSSR count). The third-order valence-electron chi connectivity index (χ3n) is 7.60. The standard InChI is InChI=1S/C33H29N3O3S/c1-39-31-13-7-12-30-29(31)21-34-20-26-22-40-19-18-36(26,30)33(38)24-14-16-25(17-15-24)35-32(37)28-11-6-5-10-27(28)23-8-3-2-4-9-23/h2-17,20-21,31,34H,18-19,22H2,1H3/p+1. The minimum atomic E-state index is -0.228. The number of rotatable bonds is 5. The maximum Gasteiger partial charge on any atom is 0.355 e. The zero-order valence-corrected chi connectivity index (χ0v) is 23.0. The van der Waals surface area contributed by atoms with Gasteiger partial charge < -0.3 is 15.4 Å². The van der Waals surface area contributed by atoms with E-state index in [4.69, 9.17) is 4.74 Å². The molecule has 2 atom stereocenters. The molecule has 3 aromatic rings. The summed E-state index contributed by atoms with van der Waals surface area (Å²) >= 11 is 1.83.